The van der Waals surface area contributed by atoms with E-state index in [2.05, 4.69) is 0 Å². The highest BCUT2D eigenvalue weighted by molar-refractivity contribution is 5.77. The summed E-state index contributed by atoms with van der Waals surface area (Å²) in [5.41, 5.74) is 0. The fourth-order valence-electron chi connectivity index (χ4n) is 1.49. The number of carbonyl (C=O) groups excluding carboxylic acids is 2. The Morgan fingerprint density at radius 1 is 0.625 bits per heavy atom. The van der Waals surface area contributed by atoms with Crippen molar-refractivity contribution in [3.63, 3.8) is 0 Å². The Labute approximate surface area is 143 Å². The van der Waals surface area contributed by atoms with Gasteiger partial charge in [0.05, 0.1) is 52.5 Å². The van der Waals surface area contributed by atoms with Gasteiger partial charge in [-0.2, -0.15) is 0 Å². The van der Waals surface area contributed by atoms with Crippen LogP contribution < -0.4 is 0 Å². The molecule has 0 bridgehead atoms. The molecule has 0 aliphatic rings. The van der Waals surface area contributed by atoms with Crippen molar-refractivity contribution in [3.05, 3.63) is 0 Å². The van der Waals surface area contributed by atoms with E-state index < -0.39 is 11.9 Å². The summed E-state index contributed by atoms with van der Waals surface area (Å²) < 4.78 is 30.3. The van der Waals surface area contributed by atoms with Gasteiger partial charge in [0.2, 0.25) is 0 Å². The van der Waals surface area contributed by atoms with Gasteiger partial charge in [0.1, 0.15) is 13.2 Å². The van der Waals surface area contributed by atoms with Crippen molar-refractivity contribution in [1.82, 2.24) is 0 Å². The molecule has 0 fully saturated rings. The fraction of sp³-hybridized carbons (Fsp3) is 0.875. The number of ether oxygens (including phenoxy) is 6. The molecule has 0 unspecified atom stereocenters. The predicted molar refractivity (Wildman–Crippen MR) is 85.8 cm³/mol. The lowest BCUT2D eigenvalue weighted by molar-refractivity contribution is -0.152. The Kier molecular flexibility index (Phi) is 17.2. The molecule has 8 nitrogen and oxygen atoms in total. The summed E-state index contributed by atoms with van der Waals surface area (Å²) in [5.74, 6) is -0.902. The Morgan fingerprint density at radius 3 is 1.50 bits per heavy atom. The van der Waals surface area contributed by atoms with Crippen LogP contribution in [0.15, 0.2) is 0 Å². The van der Waals surface area contributed by atoms with Crippen molar-refractivity contribution in [1.29, 1.82) is 0 Å². The van der Waals surface area contributed by atoms with Crippen molar-refractivity contribution in [2.45, 2.75) is 26.2 Å². The normalized spacial score (nSPS) is 10.6. The Bertz CT molecular complexity index is 308. The predicted octanol–water partition coefficient (Wildman–Crippen LogP) is 0.959. The van der Waals surface area contributed by atoms with Gasteiger partial charge in [-0.1, -0.05) is 6.92 Å². The van der Waals surface area contributed by atoms with Crippen LogP contribution in [0.4, 0.5) is 0 Å². The number of hydrogen-bond donors (Lipinski definition) is 0. The van der Waals surface area contributed by atoms with E-state index in [1.54, 1.807) is 7.11 Å². The molecular formula is C16H30O8. The lowest BCUT2D eigenvalue weighted by Crippen LogP contribution is -2.16. The standard InChI is InChI=1S/C16H30O8/c1-3-6-20-9-10-22-12-14-24-16(18)5-4-15(17)23-13-11-21-8-7-19-2/h3-14H2,1-2H3. The van der Waals surface area contributed by atoms with Crippen molar-refractivity contribution in [3.8, 4) is 0 Å². The summed E-state index contributed by atoms with van der Waals surface area (Å²) in [4.78, 5) is 22.8. The molecule has 0 radical (unpaired) electrons. The van der Waals surface area contributed by atoms with Crippen LogP contribution in [0.3, 0.4) is 0 Å². The van der Waals surface area contributed by atoms with Crippen LogP contribution in [0.25, 0.3) is 0 Å². The van der Waals surface area contributed by atoms with Crippen molar-refractivity contribution in [2.75, 3.05) is 66.6 Å². The summed E-state index contributed by atoms with van der Waals surface area (Å²) in [5, 5.41) is 0. The SMILES string of the molecule is CCCOCCOCCOC(=O)CCC(=O)OCCOCCOC. The van der Waals surface area contributed by atoms with Gasteiger partial charge in [-0.15, -0.1) is 0 Å². The minimum atomic E-state index is -0.452. The zero-order valence-corrected chi connectivity index (χ0v) is 14.8. The first-order valence-electron chi connectivity index (χ1n) is 8.24. The molecule has 142 valence electrons. The number of esters is 2. The van der Waals surface area contributed by atoms with Gasteiger partial charge in [-0.25, -0.2) is 0 Å². The topological polar surface area (TPSA) is 89.5 Å². The Morgan fingerprint density at radius 2 is 1.04 bits per heavy atom. The quantitative estimate of drug-likeness (QED) is 0.283. The second-order valence-electron chi connectivity index (χ2n) is 4.77. The van der Waals surface area contributed by atoms with Gasteiger partial charge in [-0.05, 0) is 6.42 Å². The number of rotatable bonds is 17. The van der Waals surface area contributed by atoms with Gasteiger partial charge in [-0.3, -0.25) is 9.59 Å². The molecule has 0 aromatic rings. The lowest BCUT2D eigenvalue weighted by Gasteiger charge is -2.07. The van der Waals surface area contributed by atoms with Crippen LogP contribution in [0.2, 0.25) is 0 Å². The monoisotopic (exact) mass is 350 g/mol. The van der Waals surface area contributed by atoms with Crippen LogP contribution in [0.5, 0.6) is 0 Å². The molecule has 0 aliphatic carbocycles. The third kappa shape index (κ3) is 17.1. The smallest absolute Gasteiger partial charge is 0.306 e. The molecule has 0 rings (SSSR count). The highest BCUT2D eigenvalue weighted by Crippen LogP contribution is 1.96. The maximum absolute atomic E-state index is 11.4. The summed E-state index contributed by atoms with van der Waals surface area (Å²) in [6, 6.07) is 0. The minimum absolute atomic E-state index is 0.0109. The molecule has 8 heteroatoms. The highest BCUT2D eigenvalue weighted by Gasteiger charge is 2.09. The largest absolute Gasteiger partial charge is 0.463 e. The van der Waals surface area contributed by atoms with E-state index in [-0.39, 0.29) is 26.1 Å². The highest BCUT2D eigenvalue weighted by atomic mass is 16.6. The van der Waals surface area contributed by atoms with Gasteiger partial charge in [0, 0.05) is 13.7 Å². The molecule has 0 heterocycles. The van der Waals surface area contributed by atoms with Crippen LogP contribution in [0.1, 0.15) is 26.2 Å². The molecule has 0 saturated carbocycles. The van der Waals surface area contributed by atoms with Gasteiger partial charge in [0.15, 0.2) is 0 Å². The maximum Gasteiger partial charge on any atom is 0.306 e. The van der Waals surface area contributed by atoms with Crippen LogP contribution in [-0.2, 0) is 38.0 Å². The first kappa shape index (κ1) is 22.8. The number of methoxy groups -OCH3 is 1. The first-order valence-corrected chi connectivity index (χ1v) is 8.24. The van der Waals surface area contributed by atoms with E-state index in [1.165, 1.54) is 0 Å². The van der Waals surface area contributed by atoms with E-state index in [0.29, 0.717) is 46.2 Å². The molecule has 0 aromatic carbocycles. The van der Waals surface area contributed by atoms with E-state index >= 15 is 0 Å². The number of carbonyl (C=O) groups is 2. The van der Waals surface area contributed by atoms with E-state index in [0.717, 1.165) is 6.42 Å². The average Bonchev–Trinajstić information content (AvgIpc) is 2.58. The van der Waals surface area contributed by atoms with Crippen molar-refractivity contribution in [2.24, 2.45) is 0 Å². The second-order valence-corrected chi connectivity index (χ2v) is 4.77. The molecule has 0 spiro atoms. The Hall–Kier alpha value is -1.22. The maximum atomic E-state index is 11.4. The van der Waals surface area contributed by atoms with E-state index in [1.807, 2.05) is 6.92 Å². The molecule has 0 saturated heterocycles. The fourth-order valence-corrected chi connectivity index (χ4v) is 1.49. The first-order chi connectivity index (χ1) is 11.7. The van der Waals surface area contributed by atoms with E-state index in [9.17, 15) is 9.59 Å². The molecule has 0 aromatic heterocycles. The summed E-state index contributed by atoms with van der Waals surface area (Å²) in [6.07, 6.45) is 0.951. The Balaban J connectivity index is 3.34. The third-order valence-corrected chi connectivity index (χ3v) is 2.67. The number of hydrogen-bond acceptors (Lipinski definition) is 8. The zero-order valence-electron chi connectivity index (χ0n) is 14.8. The van der Waals surface area contributed by atoms with Crippen molar-refractivity contribution >= 4 is 11.9 Å². The van der Waals surface area contributed by atoms with Gasteiger partial charge >= 0.3 is 11.9 Å². The molecule has 24 heavy (non-hydrogen) atoms. The molecule has 0 amide bonds. The zero-order chi connectivity index (χ0) is 17.9. The molecule has 0 N–H and O–H groups in total. The second kappa shape index (κ2) is 18.1. The van der Waals surface area contributed by atoms with Crippen LogP contribution in [-0.4, -0.2) is 78.5 Å². The van der Waals surface area contributed by atoms with Crippen molar-refractivity contribution < 1.29 is 38.0 Å². The van der Waals surface area contributed by atoms with E-state index in [4.69, 9.17) is 28.4 Å². The van der Waals surface area contributed by atoms with Gasteiger partial charge < -0.3 is 28.4 Å². The minimum Gasteiger partial charge on any atom is -0.463 e. The van der Waals surface area contributed by atoms with Crippen LogP contribution in [0, 0.1) is 0 Å². The molecule has 0 aliphatic heterocycles. The molecular weight excluding hydrogens is 320 g/mol. The molecule has 0 atom stereocenters. The average molecular weight is 350 g/mol. The van der Waals surface area contributed by atoms with Gasteiger partial charge in [0.25, 0.3) is 0 Å². The summed E-state index contributed by atoms with van der Waals surface area (Å²) in [6.45, 7) is 5.63. The van der Waals surface area contributed by atoms with Crippen LogP contribution >= 0.6 is 0 Å². The summed E-state index contributed by atoms with van der Waals surface area (Å²) >= 11 is 0. The summed E-state index contributed by atoms with van der Waals surface area (Å²) in [7, 11) is 1.58. The lowest BCUT2D eigenvalue weighted by atomic mass is 10.3. The third-order valence-electron chi connectivity index (χ3n) is 2.67.